The molecule has 0 N–H and O–H groups in total. The number of rotatable bonds is 5. The smallest absolute Gasteiger partial charge is 0.432 e. The summed E-state index contributed by atoms with van der Waals surface area (Å²) in [4.78, 5) is 10.7. The van der Waals surface area contributed by atoms with E-state index in [1.54, 1.807) is 6.92 Å². The van der Waals surface area contributed by atoms with Gasteiger partial charge >= 0.3 is 6.16 Å². The summed E-state index contributed by atoms with van der Waals surface area (Å²) < 4.78 is 14.1. The van der Waals surface area contributed by atoms with Crippen molar-refractivity contribution in [3.63, 3.8) is 0 Å². The van der Waals surface area contributed by atoms with E-state index in [1.165, 1.54) is 0 Å². The highest BCUT2D eigenvalue weighted by molar-refractivity contribution is 5.61. The molecule has 0 radical (unpaired) electrons. The van der Waals surface area contributed by atoms with Crippen LogP contribution in [0.5, 0.6) is 0 Å². The first-order valence-electron chi connectivity index (χ1n) is 3.74. The highest BCUT2D eigenvalue weighted by Gasteiger charge is 2.02. The average Bonchev–Trinajstić information content (AvgIpc) is 1.97. The molecule has 0 bridgehead atoms. The van der Waals surface area contributed by atoms with Gasteiger partial charge < -0.3 is 14.2 Å². The first-order chi connectivity index (χ1) is 5.66. The zero-order valence-electron chi connectivity index (χ0n) is 7.46. The topological polar surface area (TPSA) is 44.8 Å². The minimum atomic E-state index is -0.734. The maximum atomic E-state index is 10.7. The van der Waals surface area contributed by atoms with Gasteiger partial charge in [0.25, 0.3) is 0 Å². The minimum absolute atomic E-state index is 0.208. The lowest BCUT2D eigenvalue weighted by atomic mass is 10.7. The first-order valence-corrected chi connectivity index (χ1v) is 3.74. The molecule has 0 aromatic heterocycles. The Kier molecular flexibility index (Phi) is 6.09. The van der Waals surface area contributed by atoms with Crippen LogP contribution in [0.15, 0.2) is 12.3 Å². The molecule has 70 valence electrons. The third kappa shape index (κ3) is 7.08. The summed E-state index contributed by atoms with van der Waals surface area (Å²) >= 11 is 0. The zero-order valence-corrected chi connectivity index (χ0v) is 7.46. The van der Waals surface area contributed by atoms with Crippen molar-refractivity contribution in [1.29, 1.82) is 0 Å². The van der Waals surface area contributed by atoms with Gasteiger partial charge in [0.15, 0.2) is 0 Å². The fourth-order valence-corrected chi connectivity index (χ4v) is 0.500. The Morgan fingerprint density at radius 1 is 1.42 bits per heavy atom. The van der Waals surface area contributed by atoms with E-state index in [1.807, 2.05) is 6.92 Å². The van der Waals surface area contributed by atoms with E-state index in [9.17, 15) is 4.79 Å². The van der Waals surface area contributed by atoms with Gasteiger partial charge in [0.05, 0.1) is 6.61 Å². The normalized spacial score (nSPS) is 9.17. The second-order valence-electron chi connectivity index (χ2n) is 2.10. The first kappa shape index (κ1) is 11.0. The lowest BCUT2D eigenvalue weighted by Gasteiger charge is -2.04. The largest absolute Gasteiger partial charge is 0.513 e. The molecule has 0 fully saturated rings. The van der Waals surface area contributed by atoms with Crippen molar-refractivity contribution in [2.45, 2.75) is 13.8 Å². The molecule has 0 aromatic carbocycles. The fourth-order valence-electron chi connectivity index (χ4n) is 0.500. The van der Waals surface area contributed by atoms with E-state index in [2.05, 4.69) is 16.1 Å². The van der Waals surface area contributed by atoms with Gasteiger partial charge in [-0.25, -0.2) is 4.79 Å². The summed E-state index contributed by atoms with van der Waals surface area (Å²) in [5, 5.41) is 0. The number of carbonyl (C=O) groups is 1. The maximum Gasteiger partial charge on any atom is 0.513 e. The Morgan fingerprint density at radius 2 is 2.08 bits per heavy atom. The molecule has 0 aliphatic carbocycles. The third-order valence-electron chi connectivity index (χ3n) is 0.909. The van der Waals surface area contributed by atoms with E-state index in [-0.39, 0.29) is 6.61 Å². The van der Waals surface area contributed by atoms with Crippen molar-refractivity contribution in [3.8, 4) is 0 Å². The van der Waals surface area contributed by atoms with Crippen molar-refractivity contribution in [1.82, 2.24) is 0 Å². The maximum absolute atomic E-state index is 10.7. The van der Waals surface area contributed by atoms with E-state index in [4.69, 9.17) is 4.74 Å². The molecule has 0 unspecified atom stereocenters. The predicted octanol–water partition coefficient (Wildman–Crippen LogP) is 1.71. The third-order valence-corrected chi connectivity index (χ3v) is 0.909. The Balaban J connectivity index is 3.26. The van der Waals surface area contributed by atoms with E-state index in [0.29, 0.717) is 19.0 Å². The van der Waals surface area contributed by atoms with Crippen LogP contribution in [0.3, 0.4) is 0 Å². The van der Waals surface area contributed by atoms with Crippen LogP contribution in [0, 0.1) is 0 Å². The number of ether oxygens (including phenoxy) is 3. The lowest BCUT2D eigenvalue weighted by Crippen LogP contribution is -2.11. The van der Waals surface area contributed by atoms with Gasteiger partial charge in [0.1, 0.15) is 12.4 Å². The molecule has 0 spiro atoms. The number of carbonyl (C=O) groups excluding carboxylic acids is 1. The molecule has 12 heavy (non-hydrogen) atoms. The molecule has 4 heteroatoms. The van der Waals surface area contributed by atoms with Crippen molar-refractivity contribution in [2.75, 3.05) is 19.8 Å². The van der Waals surface area contributed by atoms with Crippen LogP contribution in [0.4, 0.5) is 4.79 Å². The van der Waals surface area contributed by atoms with Crippen LogP contribution in [-0.2, 0) is 14.2 Å². The molecule has 0 amide bonds. The summed E-state index contributed by atoms with van der Waals surface area (Å²) in [6, 6.07) is 0. The van der Waals surface area contributed by atoms with E-state index >= 15 is 0 Å². The van der Waals surface area contributed by atoms with Crippen molar-refractivity contribution < 1.29 is 19.0 Å². The summed E-state index contributed by atoms with van der Waals surface area (Å²) in [6.45, 7) is 8.03. The Hall–Kier alpha value is -1.03. The molecule has 0 saturated heterocycles. The van der Waals surface area contributed by atoms with Crippen molar-refractivity contribution in [3.05, 3.63) is 12.3 Å². The molecular formula is C8H14O4. The Labute approximate surface area is 72.1 Å². The van der Waals surface area contributed by atoms with Crippen LogP contribution < -0.4 is 0 Å². The van der Waals surface area contributed by atoms with Gasteiger partial charge in [-0.3, -0.25) is 0 Å². The molecule has 0 aliphatic rings. The summed E-state index contributed by atoms with van der Waals surface area (Å²) in [6.07, 6.45) is -0.734. The second-order valence-corrected chi connectivity index (χ2v) is 2.10. The molecule has 0 heterocycles. The number of allylic oxidation sites excluding steroid dienone is 1. The van der Waals surface area contributed by atoms with Crippen LogP contribution in [0.2, 0.25) is 0 Å². The zero-order chi connectivity index (χ0) is 9.40. The average molecular weight is 174 g/mol. The van der Waals surface area contributed by atoms with Gasteiger partial charge in [-0.1, -0.05) is 6.58 Å². The number of hydrogen-bond donors (Lipinski definition) is 0. The SMILES string of the molecule is C=C(C)OC(=O)OCCOCC. The van der Waals surface area contributed by atoms with Crippen molar-refractivity contribution in [2.24, 2.45) is 0 Å². The van der Waals surface area contributed by atoms with Crippen LogP contribution in [-0.4, -0.2) is 26.0 Å². The second kappa shape index (κ2) is 6.67. The molecule has 4 nitrogen and oxygen atoms in total. The van der Waals surface area contributed by atoms with Gasteiger partial charge in [-0.05, 0) is 13.8 Å². The minimum Gasteiger partial charge on any atom is -0.432 e. The predicted molar refractivity (Wildman–Crippen MR) is 43.7 cm³/mol. The highest BCUT2D eigenvalue weighted by Crippen LogP contribution is 1.93. The van der Waals surface area contributed by atoms with Crippen LogP contribution in [0.25, 0.3) is 0 Å². The molecule has 0 aromatic rings. The highest BCUT2D eigenvalue weighted by atomic mass is 16.7. The van der Waals surface area contributed by atoms with Gasteiger partial charge in [-0.15, -0.1) is 0 Å². The molecule has 0 atom stereocenters. The molecule has 0 aliphatic heterocycles. The van der Waals surface area contributed by atoms with Gasteiger partial charge in [0, 0.05) is 6.61 Å². The Morgan fingerprint density at radius 3 is 2.58 bits per heavy atom. The monoisotopic (exact) mass is 174 g/mol. The molecule has 0 rings (SSSR count). The van der Waals surface area contributed by atoms with Gasteiger partial charge in [-0.2, -0.15) is 0 Å². The van der Waals surface area contributed by atoms with Crippen molar-refractivity contribution >= 4 is 6.16 Å². The summed E-state index contributed by atoms with van der Waals surface area (Å²) in [5.74, 6) is 0.316. The summed E-state index contributed by atoms with van der Waals surface area (Å²) in [7, 11) is 0. The summed E-state index contributed by atoms with van der Waals surface area (Å²) in [5.41, 5.74) is 0. The van der Waals surface area contributed by atoms with Crippen LogP contribution >= 0.6 is 0 Å². The Bertz CT molecular complexity index is 153. The molecule has 0 saturated carbocycles. The van der Waals surface area contributed by atoms with Gasteiger partial charge in [0.2, 0.25) is 0 Å². The van der Waals surface area contributed by atoms with E-state index < -0.39 is 6.16 Å². The molecular weight excluding hydrogens is 160 g/mol. The standard InChI is InChI=1S/C8H14O4/c1-4-10-5-6-11-8(9)12-7(2)3/h2,4-6H2,1,3H3. The fraction of sp³-hybridized carbons (Fsp3) is 0.625. The quantitative estimate of drug-likeness (QED) is 0.361. The van der Waals surface area contributed by atoms with E-state index in [0.717, 1.165) is 0 Å². The van der Waals surface area contributed by atoms with Crippen LogP contribution in [0.1, 0.15) is 13.8 Å². The number of hydrogen-bond acceptors (Lipinski definition) is 4. The lowest BCUT2D eigenvalue weighted by molar-refractivity contribution is 0.0437.